The topological polar surface area (TPSA) is 70.1 Å². The molecule has 0 aliphatic rings. The molecule has 0 radical (unpaired) electrons. The molecule has 0 fully saturated rings. The second-order valence-electron chi connectivity index (χ2n) is 4.45. The smallest absolute Gasteiger partial charge is 0.253 e. The minimum Gasteiger partial charge on any atom is -0.399 e. The van der Waals surface area contributed by atoms with Gasteiger partial charge in [-0.05, 0) is 44.5 Å². The molecule has 1 aromatic carbocycles. The predicted molar refractivity (Wildman–Crippen MR) is 71.9 cm³/mol. The number of carbonyl (C=O) groups is 1. The summed E-state index contributed by atoms with van der Waals surface area (Å²) < 4.78 is 0. The molecule has 0 aliphatic heterocycles. The molecule has 0 spiro atoms. The summed E-state index contributed by atoms with van der Waals surface area (Å²) in [5.41, 5.74) is 7.93. The number of aryl methyl sites for hydroxylation is 1. The number of anilines is 1. The van der Waals surface area contributed by atoms with E-state index in [0.717, 1.165) is 5.56 Å². The predicted octanol–water partition coefficient (Wildman–Crippen LogP) is 2.20. The largest absolute Gasteiger partial charge is 0.399 e. The van der Waals surface area contributed by atoms with Crippen LogP contribution < -0.4 is 5.73 Å². The fraction of sp³-hybridized carbons (Fsp3) is 0.429. The number of nitrogens with two attached hydrogens (primary N) is 1. The van der Waals surface area contributed by atoms with Crippen LogP contribution in [0.5, 0.6) is 0 Å². The SMILES string of the molecule is CCN(CC(C)C#N)C(=O)c1ccc(N)c(C)c1. The zero-order chi connectivity index (χ0) is 13.7. The molecule has 96 valence electrons. The summed E-state index contributed by atoms with van der Waals surface area (Å²) in [6.45, 7) is 6.64. The monoisotopic (exact) mass is 245 g/mol. The Balaban J connectivity index is 2.90. The van der Waals surface area contributed by atoms with Gasteiger partial charge in [0.2, 0.25) is 0 Å². The number of benzene rings is 1. The van der Waals surface area contributed by atoms with Gasteiger partial charge in [0.1, 0.15) is 0 Å². The van der Waals surface area contributed by atoms with Crippen molar-refractivity contribution in [3.8, 4) is 6.07 Å². The first kappa shape index (κ1) is 14.0. The molecule has 0 aromatic heterocycles. The molecule has 0 bridgehead atoms. The van der Waals surface area contributed by atoms with E-state index >= 15 is 0 Å². The molecular formula is C14H19N3O. The van der Waals surface area contributed by atoms with Gasteiger partial charge >= 0.3 is 0 Å². The Kier molecular flexibility index (Phi) is 4.73. The summed E-state index contributed by atoms with van der Waals surface area (Å²) in [6, 6.07) is 7.40. The summed E-state index contributed by atoms with van der Waals surface area (Å²) in [5, 5.41) is 8.81. The van der Waals surface area contributed by atoms with Gasteiger partial charge in [0.25, 0.3) is 5.91 Å². The minimum atomic E-state index is -0.163. The Morgan fingerprint density at radius 2 is 2.22 bits per heavy atom. The summed E-state index contributed by atoms with van der Waals surface area (Å²) in [7, 11) is 0. The number of hydrogen-bond acceptors (Lipinski definition) is 3. The summed E-state index contributed by atoms with van der Waals surface area (Å²) in [4.78, 5) is 13.9. The van der Waals surface area contributed by atoms with Crippen molar-refractivity contribution in [2.45, 2.75) is 20.8 Å². The van der Waals surface area contributed by atoms with E-state index in [1.165, 1.54) is 0 Å². The molecule has 0 heterocycles. The van der Waals surface area contributed by atoms with E-state index in [1.807, 2.05) is 20.8 Å². The lowest BCUT2D eigenvalue weighted by Crippen LogP contribution is -2.34. The minimum absolute atomic E-state index is 0.0531. The fourth-order valence-electron chi connectivity index (χ4n) is 1.72. The van der Waals surface area contributed by atoms with Crippen LogP contribution >= 0.6 is 0 Å². The third-order valence-electron chi connectivity index (χ3n) is 2.90. The third kappa shape index (κ3) is 3.24. The molecule has 0 aliphatic carbocycles. The summed E-state index contributed by atoms with van der Waals surface area (Å²) in [5.74, 6) is -0.216. The van der Waals surface area contributed by atoms with Crippen LogP contribution in [0.1, 0.15) is 29.8 Å². The highest BCUT2D eigenvalue weighted by molar-refractivity contribution is 5.94. The van der Waals surface area contributed by atoms with Crippen LogP contribution in [-0.2, 0) is 0 Å². The number of nitriles is 1. The van der Waals surface area contributed by atoms with Gasteiger partial charge in [-0.2, -0.15) is 5.26 Å². The Bertz CT molecular complexity index is 476. The van der Waals surface area contributed by atoms with E-state index in [4.69, 9.17) is 11.0 Å². The maximum absolute atomic E-state index is 12.3. The number of nitrogens with zero attached hydrogens (tertiary/aromatic N) is 2. The lowest BCUT2D eigenvalue weighted by atomic mass is 10.1. The Hall–Kier alpha value is -2.02. The van der Waals surface area contributed by atoms with Gasteiger partial charge in [-0.1, -0.05) is 0 Å². The molecule has 18 heavy (non-hydrogen) atoms. The molecule has 1 amide bonds. The molecule has 1 aromatic rings. The molecule has 1 unspecified atom stereocenters. The molecule has 4 nitrogen and oxygen atoms in total. The molecule has 2 N–H and O–H groups in total. The zero-order valence-electron chi connectivity index (χ0n) is 11.1. The van der Waals surface area contributed by atoms with Gasteiger partial charge < -0.3 is 10.6 Å². The second kappa shape index (κ2) is 6.06. The molecule has 0 saturated heterocycles. The van der Waals surface area contributed by atoms with Crippen molar-refractivity contribution in [1.29, 1.82) is 5.26 Å². The quantitative estimate of drug-likeness (QED) is 0.827. The fourth-order valence-corrected chi connectivity index (χ4v) is 1.72. The maximum Gasteiger partial charge on any atom is 0.253 e. The highest BCUT2D eigenvalue weighted by Gasteiger charge is 2.16. The average molecular weight is 245 g/mol. The van der Waals surface area contributed by atoms with Crippen molar-refractivity contribution in [3.63, 3.8) is 0 Å². The van der Waals surface area contributed by atoms with Crippen LogP contribution in [0, 0.1) is 24.2 Å². The Morgan fingerprint density at radius 1 is 1.56 bits per heavy atom. The first-order valence-electron chi connectivity index (χ1n) is 6.04. The van der Waals surface area contributed by atoms with Crippen LogP contribution in [0.25, 0.3) is 0 Å². The van der Waals surface area contributed by atoms with Crippen molar-refractivity contribution in [2.75, 3.05) is 18.8 Å². The van der Waals surface area contributed by atoms with Gasteiger partial charge in [-0.25, -0.2) is 0 Å². The standard InChI is InChI=1S/C14H19N3O/c1-4-17(9-10(2)8-15)14(18)12-5-6-13(16)11(3)7-12/h5-7,10H,4,9,16H2,1-3H3. The summed E-state index contributed by atoms with van der Waals surface area (Å²) >= 11 is 0. The van der Waals surface area contributed by atoms with Crippen molar-refractivity contribution < 1.29 is 4.79 Å². The van der Waals surface area contributed by atoms with E-state index in [0.29, 0.717) is 24.3 Å². The Morgan fingerprint density at radius 3 is 2.72 bits per heavy atom. The lowest BCUT2D eigenvalue weighted by molar-refractivity contribution is 0.0752. The lowest BCUT2D eigenvalue weighted by Gasteiger charge is -2.22. The second-order valence-corrected chi connectivity index (χ2v) is 4.45. The first-order chi connectivity index (χ1) is 8.49. The van der Waals surface area contributed by atoms with Crippen LogP contribution in [-0.4, -0.2) is 23.9 Å². The number of carbonyl (C=O) groups excluding carboxylic acids is 1. The van der Waals surface area contributed by atoms with Crippen LogP contribution in [0.2, 0.25) is 0 Å². The number of hydrogen-bond donors (Lipinski definition) is 1. The molecular weight excluding hydrogens is 226 g/mol. The zero-order valence-corrected chi connectivity index (χ0v) is 11.1. The third-order valence-corrected chi connectivity index (χ3v) is 2.90. The van der Waals surface area contributed by atoms with E-state index in [2.05, 4.69) is 6.07 Å². The van der Waals surface area contributed by atoms with Gasteiger partial charge in [0, 0.05) is 24.3 Å². The maximum atomic E-state index is 12.3. The van der Waals surface area contributed by atoms with E-state index < -0.39 is 0 Å². The first-order valence-corrected chi connectivity index (χ1v) is 6.04. The van der Waals surface area contributed by atoms with E-state index in [1.54, 1.807) is 23.1 Å². The number of nitrogen functional groups attached to an aromatic ring is 1. The molecule has 1 atom stereocenters. The van der Waals surface area contributed by atoms with Crippen LogP contribution in [0.15, 0.2) is 18.2 Å². The van der Waals surface area contributed by atoms with Crippen LogP contribution in [0.4, 0.5) is 5.69 Å². The Labute approximate surface area is 108 Å². The van der Waals surface area contributed by atoms with Crippen molar-refractivity contribution >= 4 is 11.6 Å². The van der Waals surface area contributed by atoms with Gasteiger partial charge in [-0.3, -0.25) is 4.79 Å². The van der Waals surface area contributed by atoms with Crippen molar-refractivity contribution in [1.82, 2.24) is 4.90 Å². The molecule has 0 saturated carbocycles. The average Bonchev–Trinajstić information content (AvgIpc) is 2.38. The van der Waals surface area contributed by atoms with Gasteiger partial charge in [0.15, 0.2) is 0 Å². The van der Waals surface area contributed by atoms with Gasteiger partial charge in [0.05, 0.1) is 12.0 Å². The number of rotatable bonds is 4. The highest BCUT2D eigenvalue weighted by atomic mass is 16.2. The molecule has 4 heteroatoms. The normalized spacial score (nSPS) is 11.7. The van der Waals surface area contributed by atoms with Crippen molar-refractivity contribution in [3.05, 3.63) is 29.3 Å². The summed E-state index contributed by atoms with van der Waals surface area (Å²) in [6.07, 6.45) is 0. The van der Waals surface area contributed by atoms with Crippen LogP contribution in [0.3, 0.4) is 0 Å². The molecule has 1 rings (SSSR count). The van der Waals surface area contributed by atoms with E-state index in [9.17, 15) is 4.79 Å². The van der Waals surface area contributed by atoms with Crippen molar-refractivity contribution in [2.24, 2.45) is 5.92 Å². The highest BCUT2D eigenvalue weighted by Crippen LogP contribution is 2.15. The number of amides is 1. The van der Waals surface area contributed by atoms with Gasteiger partial charge in [-0.15, -0.1) is 0 Å². The van der Waals surface area contributed by atoms with E-state index in [-0.39, 0.29) is 11.8 Å².